The maximum atomic E-state index is 11.9. The van der Waals surface area contributed by atoms with Crippen molar-refractivity contribution >= 4 is 5.78 Å². The zero-order valence-electron chi connectivity index (χ0n) is 21.3. The number of aliphatic hydroxyl groups excluding tert-OH is 6. The number of hydrogen-bond acceptors (Lipinski definition) is 11. The fraction of sp³-hybridized carbons (Fsp3) is 0.800. The molecule has 0 aromatic heterocycles. The number of ketones is 1. The maximum absolute atomic E-state index is 11.9. The number of rotatable bonds is 7. The van der Waals surface area contributed by atoms with Gasteiger partial charge in [-0.2, -0.15) is 0 Å². The molecule has 12 atom stereocenters. The minimum Gasteiger partial charge on any atom is -0.388 e. The topological polar surface area (TPSA) is 175 Å². The number of carbonyl (C=O) groups excluding carboxylic acids is 1. The Kier molecular flexibility index (Phi) is 9.48. The summed E-state index contributed by atoms with van der Waals surface area (Å²) in [7, 11) is 0. The Balaban J connectivity index is 1.61. The van der Waals surface area contributed by atoms with Crippen molar-refractivity contribution in [2.24, 2.45) is 11.3 Å². The highest BCUT2D eigenvalue weighted by Crippen LogP contribution is 2.40. The van der Waals surface area contributed by atoms with E-state index in [1.165, 1.54) is 6.92 Å². The van der Waals surface area contributed by atoms with Crippen molar-refractivity contribution in [3.63, 3.8) is 0 Å². The Morgan fingerprint density at radius 2 is 1.61 bits per heavy atom. The molecule has 2 saturated heterocycles. The van der Waals surface area contributed by atoms with Gasteiger partial charge in [0, 0.05) is 12.3 Å². The smallest absolute Gasteiger partial charge is 0.187 e. The van der Waals surface area contributed by atoms with Crippen LogP contribution in [0.25, 0.3) is 0 Å². The molecule has 6 N–H and O–H groups in total. The van der Waals surface area contributed by atoms with Crippen LogP contribution in [-0.4, -0.2) is 111 Å². The van der Waals surface area contributed by atoms with Crippen LogP contribution in [0.3, 0.4) is 0 Å². The first-order valence-electron chi connectivity index (χ1n) is 12.3. The van der Waals surface area contributed by atoms with Crippen LogP contribution in [0, 0.1) is 11.3 Å². The van der Waals surface area contributed by atoms with Crippen LogP contribution in [0.1, 0.15) is 41.0 Å². The van der Waals surface area contributed by atoms with Crippen molar-refractivity contribution in [3.05, 3.63) is 23.8 Å². The first-order chi connectivity index (χ1) is 16.7. The van der Waals surface area contributed by atoms with E-state index in [1.807, 2.05) is 26.8 Å². The summed E-state index contributed by atoms with van der Waals surface area (Å²) in [6.07, 6.45) is -8.25. The van der Waals surface area contributed by atoms with Crippen LogP contribution in [-0.2, 0) is 23.7 Å². The molecule has 0 aromatic carbocycles. The largest absolute Gasteiger partial charge is 0.388 e. The van der Waals surface area contributed by atoms with Gasteiger partial charge in [0.15, 0.2) is 18.4 Å². The van der Waals surface area contributed by atoms with Gasteiger partial charge in [0.25, 0.3) is 0 Å². The van der Waals surface area contributed by atoms with E-state index in [4.69, 9.17) is 18.9 Å². The molecular formula is C25H40O11. The molecule has 1 aliphatic carbocycles. The lowest BCUT2D eigenvalue weighted by atomic mass is 9.68. The Hall–Kier alpha value is -1.25. The molecule has 0 saturated carbocycles. The molecule has 3 rings (SSSR count). The molecule has 206 valence electrons. The van der Waals surface area contributed by atoms with Gasteiger partial charge < -0.3 is 49.6 Å². The van der Waals surface area contributed by atoms with Gasteiger partial charge in [-0.3, -0.25) is 4.79 Å². The molecule has 0 spiro atoms. The first-order valence-corrected chi connectivity index (χ1v) is 12.3. The number of allylic oxidation sites excluding steroid dienone is 3. The predicted octanol–water partition coefficient (Wildman–Crippen LogP) is -0.839. The molecule has 0 bridgehead atoms. The van der Waals surface area contributed by atoms with Crippen molar-refractivity contribution < 1.29 is 54.4 Å². The maximum Gasteiger partial charge on any atom is 0.187 e. The Bertz CT molecular complexity index is 827. The summed E-state index contributed by atoms with van der Waals surface area (Å²) >= 11 is 0. The van der Waals surface area contributed by atoms with Crippen LogP contribution in [0.15, 0.2) is 23.8 Å². The van der Waals surface area contributed by atoms with Crippen LogP contribution in [0.4, 0.5) is 0 Å². The fourth-order valence-electron chi connectivity index (χ4n) is 5.01. The minimum absolute atomic E-state index is 0.0187. The number of carbonyl (C=O) groups is 1. The summed E-state index contributed by atoms with van der Waals surface area (Å²) in [4.78, 5) is 11.9. The molecule has 0 radical (unpaired) electrons. The van der Waals surface area contributed by atoms with Crippen molar-refractivity contribution in [2.75, 3.05) is 6.61 Å². The summed E-state index contributed by atoms with van der Waals surface area (Å²) in [5.41, 5.74) is 0.686. The summed E-state index contributed by atoms with van der Waals surface area (Å²) < 4.78 is 22.3. The van der Waals surface area contributed by atoms with Gasteiger partial charge in [-0.15, -0.1) is 0 Å². The SMILES string of the molecule is CC1=CC(=O)CC(C)(C)[C@H]1/C=C/[C@@H](C)O[C@@H]1O[C@H](CO[C@@H]2O[C@@H](C)[C@H](O)[C@@H](O)[C@H]2O)[C@H](O)[C@H](O)[C@H]1O. The predicted molar refractivity (Wildman–Crippen MR) is 125 cm³/mol. The third kappa shape index (κ3) is 6.41. The summed E-state index contributed by atoms with van der Waals surface area (Å²) in [6.45, 7) is 8.82. The van der Waals surface area contributed by atoms with E-state index in [9.17, 15) is 35.4 Å². The van der Waals surface area contributed by atoms with Crippen molar-refractivity contribution in [3.8, 4) is 0 Å². The van der Waals surface area contributed by atoms with E-state index in [0.717, 1.165) is 5.57 Å². The second-order valence-electron chi connectivity index (χ2n) is 10.8. The first kappa shape index (κ1) is 29.3. The highest BCUT2D eigenvalue weighted by molar-refractivity contribution is 5.92. The monoisotopic (exact) mass is 516 g/mol. The molecule has 11 nitrogen and oxygen atoms in total. The van der Waals surface area contributed by atoms with Gasteiger partial charge in [0.2, 0.25) is 0 Å². The zero-order chi connectivity index (χ0) is 26.9. The van der Waals surface area contributed by atoms with Gasteiger partial charge in [-0.25, -0.2) is 0 Å². The van der Waals surface area contributed by atoms with E-state index in [1.54, 1.807) is 19.1 Å². The average Bonchev–Trinajstić information content (AvgIpc) is 2.78. The second-order valence-corrected chi connectivity index (χ2v) is 10.8. The summed E-state index contributed by atoms with van der Waals surface area (Å²) in [6, 6.07) is 0. The number of hydrogen-bond donors (Lipinski definition) is 6. The zero-order valence-corrected chi connectivity index (χ0v) is 21.3. The van der Waals surface area contributed by atoms with E-state index < -0.39 is 67.5 Å². The quantitative estimate of drug-likeness (QED) is 0.233. The van der Waals surface area contributed by atoms with Crippen LogP contribution < -0.4 is 0 Å². The van der Waals surface area contributed by atoms with Crippen LogP contribution >= 0.6 is 0 Å². The minimum atomic E-state index is -1.59. The Morgan fingerprint density at radius 1 is 1.00 bits per heavy atom. The summed E-state index contributed by atoms with van der Waals surface area (Å²) in [5, 5.41) is 61.0. The van der Waals surface area contributed by atoms with E-state index >= 15 is 0 Å². The van der Waals surface area contributed by atoms with E-state index in [0.29, 0.717) is 6.42 Å². The normalized spacial score (nSPS) is 44.5. The van der Waals surface area contributed by atoms with Gasteiger partial charge in [-0.1, -0.05) is 31.6 Å². The molecule has 2 fully saturated rings. The van der Waals surface area contributed by atoms with Crippen LogP contribution in [0.2, 0.25) is 0 Å². The number of aliphatic hydroxyl groups is 6. The molecule has 2 heterocycles. The molecule has 0 unspecified atom stereocenters. The van der Waals surface area contributed by atoms with Crippen molar-refractivity contribution in [2.45, 2.75) is 109 Å². The highest BCUT2D eigenvalue weighted by Gasteiger charge is 2.47. The lowest BCUT2D eigenvalue weighted by Crippen LogP contribution is -2.61. The van der Waals surface area contributed by atoms with Crippen molar-refractivity contribution in [1.82, 2.24) is 0 Å². The lowest BCUT2D eigenvalue weighted by molar-refractivity contribution is -0.330. The molecular weight excluding hydrogens is 476 g/mol. The van der Waals surface area contributed by atoms with E-state index in [2.05, 4.69) is 0 Å². The van der Waals surface area contributed by atoms with Gasteiger partial charge in [0.1, 0.15) is 42.7 Å². The highest BCUT2D eigenvalue weighted by atomic mass is 16.7. The number of ether oxygens (including phenoxy) is 4. The molecule has 3 aliphatic rings. The lowest BCUT2D eigenvalue weighted by Gasteiger charge is -2.42. The summed E-state index contributed by atoms with van der Waals surface area (Å²) in [5.74, 6) is 0.113. The Labute approximate surface area is 210 Å². The molecule has 0 aromatic rings. The van der Waals surface area contributed by atoms with Gasteiger partial charge in [0.05, 0.1) is 18.8 Å². The molecule has 36 heavy (non-hydrogen) atoms. The third-order valence-corrected chi connectivity index (χ3v) is 7.18. The van der Waals surface area contributed by atoms with Crippen molar-refractivity contribution in [1.29, 1.82) is 0 Å². The molecule has 0 amide bonds. The van der Waals surface area contributed by atoms with Gasteiger partial charge >= 0.3 is 0 Å². The van der Waals surface area contributed by atoms with Crippen LogP contribution in [0.5, 0.6) is 0 Å². The van der Waals surface area contributed by atoms with Gasteiger partial charge in [-0.05, 0) is 32.3 Å². The fourth-order valence-corrected chi connectivity index (χ4v) is 5.01. The Morgan fingerprint density at radius 3 is 2.25 bits per heavy atom. The molecule has 11 heteroatoms. The molecule has 2 aliphatic heterocycles. The standard InChI is InChI=1S/C25H40O11/c1-11-8-14(26)9-25(4,5)15(11)7-6-12(2)34-24-22(32)20(30)18(28)16(36-24)10-33-23-21(31)19(29)17(27)13(3)35-23/h6-8,12-13,15-24,27-32H,9-10H2,1-5H3/b7-6+/t12-,13+,15+,16-,17+,18+,19-,20+,21-,22-,23-,24-/m1/s1. The van der Waals surface area contributed by atoms with E-state index in [-0.39, 0.29) is 23.7 Å². The third-order valence-electron chi connectivity index (χ3n) is 7.18. The second kappa shape index (κ2) is 11.6. The average molecular weight is 517 g/mol.